The van der Waals surface area contributed by atoms with Gasteiger partial charge >= 0.3 is 0 Å². The molecular formula is C17H22N2O3S. The highest BCUT2D eigenvalue weighted by atomic mass is 32.2. The third-order valence-corrected chi connectivity index (χ3v) is 4.90. The highest BCUT2D eigenvalue weighted by Crippen LogP contribution is 2.13. The van der Waals surface area contributed by atoms with Crippen LogP contribution in [-0.2, 0) is 16.6 Å². The van der Waals surface area contributed by atoms with Crippen LogP contribution >= 0.6 is 0 Å². The summed E-state index contributed by atoms with van der Waals surface area (Å²) >= 11 is 0. The number of rotatable bonds is 8. The lowest BCUT2D eigenvalue weighted by molar-refractivity contribution is 0.331. The molecule has 0 saturated heterocycles. The molecule has 2 aromatic rings. The average Bonchev–Trinajstić information content (AvgIpc) is 2.55. The maximum atomic E-state index is 12.1. The van der Waals surface area contributed by atoms with Crippen LogP contribution in [0, 0.1) is 0 Å². The lowest BCUT2D eigenvalue weighted by Crippen LogP contribution is -2.32. The fourth-order valence-corrected chi connectivity index (χ4v) is 3.26. The first kappa shape index (κ1) is 17.5. The van der Waals surface area contributed by atoms with E-state index in [-0.39, 0.29) is 4.90 Å². The summed E-state index contributed by atoms with van der Waals surface area (Å²) < 4.78 is 32.0. The fourth-order valence-electron chi connectivity index (χ4n) is 2.22. The zero-order chi connectivity index (χ0) is 16.7. The monoisotopic (exact) mass is 334 g/mol. The smallest absolute Gasteiger partial charge is 0.240 e. The van der Waals surface area contributed by atoms with Crippen LogP contribution in [0.25, 0.3) is 0 Å². The first-order valence-corrected chi connectivity index (χ1v) is 8.86. The van der Waals surface area contributed by atoms with Crippen molar-refractivity contribution >= 4 is 10.0 Å². The molecule has 5 nitrogen and oxygen atoms in total. The van der Waals surface area contributed by atoms with Gasteiger partial charge in [0.05, 0.1) is 12.0 Å². The van der Waals surface area contributed by atoms with Crippen molar-refractivity contribution in [2.45, 2.75) is 11.4 Å². The van der Waals surface area contributed by atoms with Crippen LogP contribution in [-0.4, -0.2) is 40.6 Å². The van der Waals surface area contributed by atoms with Crippen LogP contribution in [0.4, 0.5) is 0 Å². The summed E-state index contributed by atoms with van der Waals surface area (Å²) in [7, 11) is 0.159. The summed E-state index contributed by atoms with van der Waals surface area (Å²) in [4.78, 5) is 2.35. The van der Waals surface area contributed by atoms with Crippen molar-refractivity contribution in [3.63, 3.8) is 0 Å². The number of nitrogens with one attached hydrogen (secondary N) is 1. The predicted octanol–water partition coefficient (Wildman–Crippen LogP) is 2.11. The summed E-state index contributed by atoms with van der Waals surface area (Å²) in [5.41, 5.74) is 1.12. The Morgan fingerprint density at radius 3 is 2.52 bits per heavy atom. The molecule has 0 spiro atoms. The van der Waals surface area contributed by atoms with Gasteiger partial charge in [-0.3, -0.25) is 0 Å². The van der Waals surface area contributed by atoms with Crippen molar-refractivity contribution in [1.82, 2.24) is 9.62 Å². The molecule has 0 aliphatic rings. The molecule has 0 aliphatic heterocycles. The van der Waals surface area contributed by atoms with Gasteiger partial charge < -0.3 is 9.64 Å². The van der Waals surface area contributed by atoms with E-state index in [2.05, 4.69) is 9.62 Å². The molecule has 0 radical (unpaired) electrons. The third-order valence-electron chi connectivity index (χ3n) is 3.43. The summed E-state index contributed by atoms with van der Waals surface area (Å²) in [5, 5.41) is 0. The molecule has 2 aromatic carbocycles. The topological polar surface area (TPSA) is 58.6 Å². The molecule has 0 unspecified atom stereocenters. The number of benzene rings is 2. The van der Waals surface area contributed by atoms with Crippen molar-refractivity contribution in [3.8, 4) is 5.75 Å². The number of hydrogen-bond acceptors (Lipinski definition) is 4. The molecule has 0 saturated carbocycles. The number of ether oxygens (including phenoxy) is 1. The summed E-state index contributed by atoms with van der Waals surface area (Å²) in [6, 6.07) is 16.2. The van der Waals surface area contributed by atoms with Crippen LogP contribution in [0.1, 0.15) is 5.56 Å². The maximum absolute atomic E-state index is 12.1. The highest BCUT2D eigenvalue weighted by Gasteiger charge is 2.12. The van der Waals surface area contributed by atoms with Gasteiger partial charge in [-0.25, -0.2) is 13.1 Å². The minimum Gasteiger partial charge on any atom is -0.497 e. The number of sulfonamides is 1. The van der Waals surface area contributed by atoms with E-state index in [1.54, 1.807) is 37.4 Å². The third kappa shape index (κ3) is 5.35. The van der Waals surface area contributed by atoms with E-state index in [1.165, 1.54) is 0 Å². The lowest BCUT2D eigenvalue weighted by atomic mass is 10.2. The van der Waals surface area contributed by atoms with E-state index in [0.29, 0.717) is 13.1 Å². The zero-order valence-electron chi connectivity index (χ0n) is 13.4. The minimum atomic E-state index is -3.44. The second-order valence-electron chi connectivity index (χ2n) is 5.30. The van der Waals surface area contributed by atoms with E-state index in [4.69, 9.17) is 4.74 Å². The Balaban J connectivity index is 1.84. The molecule has 0 fully saturated rings. The van der Waals surface area contributed by atoms with Gasteiger partial charge in [0.15, 0.2) is 0 Å². The average molecular weight is 334 g/mol. The quantitative estimate of drug-likeness (QED) is 0.803. The van der Waals surface area contributed by atoms with Crippen LogP contribution < -0.4 is 9.46 Å². The molecule has 1 N–H and O–H groups in total. The molecule has 0 bridgehead atoms. The lowest BCUT2D eigenvalue weighted by Gasteiger charge is -2.17. The molecule has 0 heterocycles. The molecule has 0 atom stereocenters. The summed E-state index contributed by atoms with van der Waals surface area (Å²) in [6.07, 6.45) is 0. The molecular weight excluding hydrogens is 312 g/mol. The van der Waals surface area contributed by atoms with Crippen molar-refractivity contribution in [1.29, 1.82) is 0 Å². The Morgan fingerprint density at radius 1 is 1.09 bits per heavy atom. The number of hydrogen-bond donors (Lipinski definition) is 1. The van der Waals surface area contributed by atoms with E-state index >= 15 is 0 Å². The first-order chi connectivity index (χ1) is 11.0. The van der Waals surface area contributed by atoms with Gasteiger partial charge in [0.25, 0.3) is 0 Å². The summed E-state index contributed by atoms with van der Waals surface area (Å²) in [6.45, 7) is 1.70. The van der Waals surface area contributed by atoms with E-state index in [9.17, 15) is 8.42 Å². The molecule has 23 heavy (non-hydrogen) atoms. The van der Waals surface area contributed by atoms with Gasteiger partial charge in [-0.2, -0.15) is 0 Å². The van der Waals surface area contributed by atoms with Crippen molar-refractivity contribution in [3.05, 3.63) is 60.2 Å². The zero-order valence-corrected chi connectivity index (χ0v) is 14.2. The molecule has 6 heteroatoms. The fraction of sp³-hybridized carbons (Fsp3) is 0.294. The number of nitrogens with zero attached hydrogens (tertiary/aromatic N) is 1. The summed E-state index contributed by atoms with van der Waals surface area (Å²) in [5.74, 6) is 0.820. The van der Waals surface area contributed by atoms with Crippen LogP contribution in [0.3, 0.4) is 0 Å². The van der Waals surface area contributed by atoms with Crippen LogP contribution in [0.5, 0.6) is 5.75 Å². The van der Waals surface area contributed by atoms with E-state index in [0.717, 1.165) is 17.9 Å². The minimum absolute atomic E-state index is 0.287. The van der Waals surface area contributed by atoms with Gasteiger partial charge in [-0.15, -0.1) is 0 Å². The Bertz CT molecular complexity index is 718. The van der Waals surface area contributed by atoms with Crippen molar-refractivity contribution in [2.75, 3.05) is 27.2 Å². The largest absolute Gasteiger partial charge is 0.497 e. The van der Waals surface area contributed by atoms with Crippen LogP contribution in [0.2, 0.25) is 0 Å². The Hall–Kier alpha value is -1.89. The molecule has 0 aliphatic carbocycles. The Morgan fingerprint density at radius 2 is 1.83 bits per heavy atom. The second kappa shape index (κ2) is 8.10. The Kier molecular flexibility index (Phi) is 6.15. The van der Waals surface area contributed by atoms with Gasteiger partial charge in [-0.1, -0.05) is 30.3 Å². The molecule has 0 amide bonds. The predicted molar refractivity (Wildman–Crippen MR) is 91.0 cm³/mol. The van der Waals surface area contributed by atoms with Crippen molar-refractivity contribution < 1.29 is 13.2 Å². The SMILES string of the molecule is COc1cccc(CN(C)CCNS(=O)(=O)c2ccccc2)c1. The normalized spacial score (nSPS) is 11.6. The van der Waals surface area contributed by atoms with Gasteiger partial charge in [0, 0.05) is 19.6 Å². The Labute approximate surface area is 137 Å². The van der Waals surface area contributed by atoms with Gasteiger partial charge in [-0.05, 0) is 36.9 Å². The maximum Gasteiger partial charge on any atom is 0.240 e. The number of likely N-dealkylation sites (N-methyl/N-ethyl adjacent to an activating group) is 1. The molecule has 2 rings (SSSR count). The van der Waals surface area contributed by atoms with E-state index in [1.807, 2.05) is 31.3 Å². The van der Waals surface area contributed by atoms with Crippen molar-refractivity contribution in [2.24, 2.45) is 0 Å². The van der Waals surface area contributed by atoms with Gasteiger partial charge in [0.2, 0.25) is 10.0 Å². The molecule has 124 valence electrons. The standard InChI is InChI=1S/C17H22N2O3S/c1-19(14-15-7-6-8-16(13-15)22-2)12-11-18-23(20,21)17-9-4-3-5-10-17/h3-10,13,18H,11-12,14H2,1-2H3. The van der Waals surface area contributed by atoms with E-state index < -0.39 is 10.0 Å². The van der Waals surface area contributed by atoms with Crippen LogP contribution in [0.15, 0.2) is 59.5 Å². The second-order valence-corrected chi connectivity index (χ2v) is 7.07. The number of methoxy groups -OCH3 is 1. The molecule has 0 aromatic heterocycles. The van der Waals surface area contributed by atoms with Gasteiger partial charge in [0.1, 0.15) is 5.75 Å². The first-order valence-electron chi connectivity index (χ1n) is 7.37. The highest BCUT2D eigenvalue weighted by molar-refractivity contribution is 7.89.